The van der Waals surface area contributed by atoms with Crippen molar-refractivity contribution in [1.82, 2.24) is 10.1 Å². The third-order valence-corrected chi connectivity index (χ3v) is 2.15. The second-order valence-corrected chi connectivity index (χ2v) is 3.35. The van der Waals surface area contributed by atoms with Crippen LogP contribution in [0.1, 0.15) is 11.9 Å². The van der Waals surface area contributed by atoms with E-state index in [1.54, 1.807) is 0 Å². The van der Waals surface area contributed by atoms with E-state index >= 15 is 0 Å². The van der Waals surface area contributed by atoms with Crippen LogP contribution in [0.15, 0.2) is 22.7 Å². The molecule has 0 aliphatic heterocycles. The molecule has 2 aromatic rings. The summed E-state index contributed by atoms with van der Waals surface area (Å²) >= 11 is 0. The Balaban J connectivity index is 2.40. The molecule has 1 aromatic heterocycles. The molecule has 1 atom stereocenters. The van der Waals surface area contributed by atoms with Gasteiger partial charge in [0.2, 0.25) is 0 Å². The second kappa shape index (κ2) is 4.56. The van der Waals surface area contributed by atoms with Crippen LogP contribution in [-0.4, -0.2) is 21.9 Å². The van der Waals surface area contributed by atoms with E-state index in [-0.39, 0.29) is 23.9 Å². The summed E-state index contributed by atoms with van der Waals surface area (Å²) in [7, 11) is 0. The molecule has 3 N–H and O–H groups in total. The molecule has 0 bridgehead atoms. The van der Waals surface area contributed by atoms with E-state index in [0.29, 0.717) is 0 Å². The van der Waals surface area contributed by atoms with Crippen LogP contribution in [0, 0.1) is 11.6 Å². The number of nitrogens with zero attached hydrogens (tertiary/aromatic N) is 2. The molecule has 0 amide bonds. The molecular formula is C10H9F2N3O2. The van der Waals surface area contributed by atoms with Crippen molar-refractivity contribution in [2.75, 3.05) is 6.61 Å². The lowest BCUT2D eigenvalue weighted by Crippen LogP contribution is -2.15. The fourth-order valence-electron chi connectivity index (χ4n) is 1.25. The van der Waals surface area contributed by atoms with Crippen LogP contribution in [0.4, 0.5) is 8.78 Å². The van der Waals surface area contributed by atoms with Gasteiger partial charge in [0.15, 0.2) is 17.5 Å². The SMILES string of the molecule is NC(CO)c1noc(-c2cccc(F)c2F)n1. The Morgan fingerprint density at radius 1 is 1.41 bits per heavy atom. The van der Waals surface area contributed by atoms with Crippen molar-refractivity contribution >= 4 is 0 Å². The van der Waals surface area contributed by atoms with Crippen molar-refractivity contribution in [2.45, 2.75) is 6.04 Å². The molecule has 5 nitrogen and oxygen atoms in total. The van der Waals surface area contributed by atoms with Crippen molar-refractivity contribution in [3.63, 3.8) is 0 Å². The fraction of sp³-hybridized carbons (Fsp3) is 0.200. The molecular weight excluding hydrogens is 232 g/mol. The maximum Gasteiger partial charge on any atom is 0.261 e. The molecule has 0 saturated carbocycles. The normalized spacial score (nSPS) is 12.7. The number of halogens is 2. The zero-order chi connectivity index (χ0) is 12.4. The van der Waals surface area contributed by atoms with Crippen molar-refractivity contribution < 1.29 is 18.4 Å². The van der Waals surface area contributed by atoms with Gasteiger partial charge in [-0.2, -0.15) is 4.98 Å². The molecule has 0 fully saturated rings. The molecule has 90 valence electrons. The summed E-state index contributed by atoms with van der Waals surface area (Å²) in [4.78, 5) is 3.78. The third-order valence-electron chi connectivity index (χ3n) is 2.15. The number of benzene rings is 1. The molecule has 1 aromatic carbocycles. The van der Waals surface area contributed by atoms with Crippen molar-refractivity contribution in [1.29, 1.82) is 0 Å². The van der Waals surface area contributed by atoms with E-state index in [2.05, 4.69) is 10.1 Å². The summed E-state index contributed by atoms with van der Waals surface area (Å²) in [6, 6.07) is 2.79. The highest BCUT2D eigenvalue weighted by Gasteiger charge is 2.18. The van der Waals surface area contributed by atoms with Gasteiger partial charge >= 0.3 is 0 Å². The zero-order valence-electron chi connectivity index (χ0n) is 8.60. The van der Waals surface area contributed by atoms with E-state index in [9.17, 15) is 8.78 Å². The largest absolute Gasteiger partial charge is 0.394 e. The fourth-order valence-corrected chi connectivity index (χ4v) is 1.25. The highest BCUT2D eigenvalue weighted by atomic mass is 19.2. The number of aliphatic hydroxyl groups excluding tert-OH is 1. The van der Waals surface area contributed by atoms with Crippen molar-refractivity contribution in [3.05, 3.63) is 35.7 Å². The number of aromatic nitrogens is 2. The quantitative estimate of drug-likeness (QED) is 0.837. The number of hydrogen-bond donors (Lipinski definition) is 2. The number of aliphatic hydroxyl groups is 1. The van der Waals surface area contributed by atoms with Crippen LogP contribution >= 0.6 is 0 Å². The lowest BCUT2D eigenvalue weighted by Gasteiger charge is -1.99. The first-order valence-corrected chi connectivity index (χ1v) is 4.78. The smallest absolute Gasteiger partial charge is 0.261 e. The van der Waals surface area contributed by atoms with Crippen LogP contribution in [0.25, 0.3) is 11.5 Å². The van der Waals surface area contributed by atoms with Crippen LogP contribution < -0.4 is 5.73 Å². The zero-order valence-corrected chi connectivity index (χ0v) is 8.60. The monoisotopic (exact) mass is 241 g/mol. The first kappa shape index (κ1) is 11.6. The molecule has 0 aliphatic rings. The van der Waals surface area contributed by atoms with Gasteiger partial charge in [0.05, 0.1) is 18.2 Å². The number of hydrogen-bond acceptors (Lipinski definition) is 5. The highest BCUT2D eigenvalue weighted by Crippen LogP contribution is 2.23. The second-order valence-electron chi connectivity index (χ2n) is 3.35. The summed E-state index contributed by atoms with van der Waals surface area (Å²) in [6.07, 6.45) is 0. The number of rotatable bonds is 3. The maximum atomic E-state index is 13.4. The highest BCUT2D eigenvalue weighted by molar-refractivity contribution is 5.53. The average Bonchev–Trinajstić information content (AvgIpc) is 2.81. The van der Waals surface area contributed by atoms with E-state index in [4.69, 9.17) is 15.4 Å². The van der Waals surface area contributed by atoms with Crippen LogP contribution in [0.2, 0.25) is 0 Å². The predicted octanol–water partition coefficient (Wildman–Crippen LogP) is 1.01. The van der Waals surface area contributed by atoms with Gasteiger partial charge in [-0.3, -0.25) is 0 Å². The molecule has 1 unspecified atom stereocenters. The number of nitrogens with two attached hydrogens (primary N) is 1. The first-order chi connectivity index (χ1) is 8.13. The summed E-state index contributed by atoms with van der Waals surface area (Å²) in [5, 5.41) is 12.3. The average molecular weight is 241 g/mol. The Bertz CT molecular complexity index is 530. The van der Waals surface area contributed by atoms with Crippen LogP contribution in [0.3, 0.4) is 0 Å². The molecule has 0 spiro atoms. The standard InChI is InChI=1S/C10H9F2N3O2/c11-6-3-1-2-5(8(6)12)10-14-9(15-17-10)7(13)4-16/h1-3,7,16H,4,13H2. The minimum Gasteiger partial charge on any atom is -0.394 e. The molecule has 0 saturated heterocycles. The third kappa shape index (κ3) is 2.15. The van der Waals surface area contributed by atoms with Gasteiger partial charge in [-0.15, -0.1) is 0 Å². The molecule has 17 heavy (non-hydrogen) atoms. The van der Waals surface area contributed by atoms with Gasteiger partial charge in [0.1, 0.15) is 0 Å². The van der Waals surface area contributed by atoms with Gasteiger partial charge in [0, 0.05) is 0 Å². The molecule has 0 aliphatic carbocycles. The Morgan fingerprint density at radius 2 is 2.18 bits per heavy atom. The minimum absolute atomic E-state index is 0.0335. The molecule has 2 rings (SSSR count). The molecule has 1 heterocycles. The van der Waals surface area contributed by atoms with E-state index in [1.807, 2.05) is 0 Å². The maximum absolute atomic E-state index is 13.4. The van der Waals surface area contributed by atoms with Crippen molar-refractivity contribution in [2.24, 2.45) is 5.73 Å². The van der Waals surface area contributed by atoms with E-state index in [0.717, 1.165) is 6.07 Å². The summed E-state index contributed by atoms with van der Waals surface area (Å²) in [6.45, 7) is -0.370. The lowest BCUT2D eigenvalue weighted by molar-refractivity contribution is 0.260. The summed E-state index contributed by atoms with van der Waals surface area (Å²) < 4.78 is 31.1. The summed E-state index contributed by atoms with van der Waals surface area (Å²) in [5.74, 6) is -2.22. The first-order valence-electron chi connectivity index (χ1n) is 4.78. The predicted molar refractivity (Wildman–Crippen MR) is 53.7 cm³/mol. The molecule has 7 heteroatoms. The Kier molecular flexibility index (Phi) is 3.12. The van der Waals surface area contributed by atoms with E-state index in [1.165, 1.54) is 12.1 Å². The van der Waals surface area contributed by atoms with Gasteiger partial charge in [0.25, 0.3) is 5.89 Å². The van der Waals surface area contributed by atoms with Gasteiger partial charge in [-0.05, 0) is 12.1 Å². The Labute approximate surface area is 94.9 Å². The van der Waals surface area contributed by atoms with Crippen molar-refractivity contribution in [3.8, 4) is 11.5 Å². The van der Waals surface area contributed by atoms with Gasteiger partial charge in [-0.1, -0.05) is 11.2 Å². The van der Waals surface area contributed by atoms with Gasteiger partial charge in [-0.25, -0.2) is 8.78 Å². The lowest BCUT2D eigenvalue weighted by atomic mass is 10.2. The molecule has 0 radical (unpaired) electrons. The van der Waals surface area contributed by atoms with E-state index < -0.39 is 17.7 Å². The Hall–Kier alpha value is -1.86. The minimum atomic E-state index is -1.07. The summed E-state index contributed by atoms with van der Waals surface area (Å²) in [5.41, 5.74) is 5.31. The van der Waals surface area contributed by atoms with Crippen LogP contribution in [-0.2, 0) is 0 Å². The van der Waals surface area contributed by atoms with Gasteiger partial charge < -0.3 is 15.4 Å². The topological polar surface area (TPSA) is 85.2 Å². The Morgan fingerprint density at radius 3 is 2.88 bits per heavy atom. The van der Waals surface area contributed by atoms with Crippen LogP contribution in [0.5, 0.6) is 0 Å².